The minimum atomic E-state index is -0.306. The molecule has 26 heavy (non-hydrogen) atoms. The van der Waals surface area contributed by atoms with E-state index in [2.05, 4.69) is 26.4 Å². The molecule has 0 radical (unpaired) electrons. The van der Waals surface area contributed by atoms with E-state index < -0.39 is 0 Å². The predicted octanol–water partition coefficient (Wildman–Crippen LogP) is 2.36. The lowest BCUT2D eigenvalue weighted by Gasteiger charge is -2.12. The van der Waals surface area contributed by atoms with Gasteiger partial charge in [-0.05, 0) is 24.3 Å². The monoisotopic (exact) mass is 369 g/mol. The first kappa shape index (κ1) is 16.9. The lowest BCUT2D eigenvalue weighted by atomic mass is 10.1. The van der Waals surface area contributed by atoms with Crippen LogP contribution in [0.5, 0.6) is 0 Å². The summed E-state index contributed by atoms with van der Waals surface area (Å²) in [6.45, 7) is 1.74. The summed E-state index contributed by atoms with van der Waals surface area (Å²) in [6, 6.07) is 4.07. The molecular weight excluding hydrogens is 350 g/mol. The van der Waals surface area contributed by atoms with Crippen molar-refractivity contribution in [2.75, 3.05) is 13.2 Å². The summed E-state index contributed by atoms with van der Waals surface area (Å²) >= 11 is 1.65. The summed E-state index contributed by atoms with van der Waals surface area (Å²) in [4.78, 5) is 21.8. The Hall–Kier alpha value is -2.58. The third-order valence-corrected chi connectivity index (χ3v) is 5.15. The molecule has 1 unspecified atom stereocenters. The first-order chi connectivity index (χ1) is 12.8. The molecule has 1 N–H and O–H groups in total. The maximum Gasteiger partial charge on any atom is 0.249 e. The first-order valence-electron chi connectivity index (χ1n) is 8.58. The smallest absolute Gasteiger partial charge is 0.249 e. The largest absolute Gasteiger partial charge is 0.368 e. The van der Waals surface area contributed by atoms with Gasteiger partial charge in [-0.15, -0.1) is 11.3 Å². The number of amides is 1. The highest BCUT2D eigenvalue weighted by atomic mass is 32.1. The van der Waals surface area contributed by atoms with E-state index in [1.54, 1.807) is 36.1 Å². The molecule has 0 saturated carbocycles. The molecule has 1 aliphatic heterocycles. The summed E-state index contributed by atoms with van der Waals surface area (Å²) < 4.78 is 7.32. The number of hydrogen-bond donors (Lipinski definition) is 1. The van der Waals surface area contributed by atoms with Crippen LogP contribution in [0.25, 0.3) is 21.8 Å². The van der Waals surface area contributed by atoms with Crippen molar-refractivity contribution in [1.29, 1.82) is 0 Å². The van der Waals surface area contributed by atoms with Crippen LogP contribution < -0.4 is 5.32 Å². The number of aromatic nitrogens is 4. The average Bonchev–Trinajstić information content (AvgIpc) is 3.42. The van der Waals surface area contributed by atoms with Gasteiger partial charge in [0, 0.05) is 31.1 Å². The van der Waals surface area contributed by atoms with Crippen LogP contribution >= 0.6 is 11.3 Å². The molecule has 0 bridgehead atoms. The minimum Gasteiger partial charge on any atom is -0.368 e. The van der Waals surface area contributed by atoms with Crippen molar-refractivity contribution in [3.8, 4) is 21.8 Å². The highest BCUT2D eigenvalue weighted by Gasteiger charge is 2.23. The zero-order valence-corrected chi connectivity index (χ0v) is 15.0. The van der Waals surface area contributed by atoms with Crippen molar-refractivity contribution in [1.82, 2.24) is 25.1 Å². The molecule has 8 heteroatoms. The quantitative estimate of drug-likeness (QED) is 0.721. The molecule has 134 valence electrons. The Kier molecular flexibility index (Phi) is 5.03. The van der Waals surface area contributed by atoms with Crippen LogP contribution in [0.15, 0.2) is 42.3 Å². The zero-order valence-electron chi connectivity index (χ0n) is 14.2. The van der Waals surface area contributed by atoms with Crippen LogP contribution in [0.3, 0.4) is 0 Å². The molecule has 3 aromatic rings. The van der Waals surface area contributed by atoms with Gasteiger partial charge in [0.15, 0.2) is 0 Å². The van der Waals surface area contributed by atoms with Gasteiger partial charge in [0.25, 0.3) is 0 Å². The van der Waals surface area contributed by atoms with Crippen LogP contribution in [0.1, 0.15) is 12.8 Å². The van der Waals surface area contributed by atoms with Crippen molar-refractivity contribution >= 4 is 17.2 Å². The zero-order chi connectivity index (χ0) is 17.8. The highest BCUT2D eigenvalue weighted by molar-refractivity contribution is 7.13. The Morgan fingerprint density at radius 3 is 3.08 bits per heavy atom. The summed E-state index contributed by atoms with van der Waals surface area (Å²) in [5, 5.41) is 9.50. The van der Waals surface area contributed by atoms with Gasteiger partial charge >= 0.3 is 0 Å². The molecule has 7 nitrogen and oxygen atoms in total. The number of nitrogens with one attached hydrogen (secondary N) is 1. The Morgan fingerprint density at radius 1 is 1.38 bits per heavy atom. The molecule has 0 spiro atoms. The normalized spacial score (nSPS) is 16.7. The van der Waals surface area contributed by atoms with E-state index in [4.69, 9.17) is 4.74 Å². The second-order valence-electron chi connectivity index (χ2n) is 5.99. The number of carbonyl (C=O) groups excluding carboxylic acids is 1. The molecule has 0 aliphatic carbocycles. The maximum atomic E-state index is 12.1. The minimum absolute atomic E-state index is 0.0403. The summed E-state index contributed by atoms with van der Waals surface area (Å²) in [7, 11) is 0. The van der Waals surface area contributed by atoms with Crippen LogP contribution in [-0.2, 0) is 16.1 Å². The fraction of sp³-hybridized carbons (Fsp3) is 0.333. The number of carbonyl (C=O) groups is 1. The molecule has 1 fully saturated rings. The summed E-state index contributed by atoms with van der Waals surface area (Å²) in [5.41, 5.74) is 2.71. The van der Waals surface area contributed by atoms with E-state index in [1.165, 1.54) is 0 Å². The van der Waals surface area contributed by atoms with Crippen molar-refractivity contribution in [3.05, 3.63) is 42.3 Å². The molecular formula is C18H19N5O2S. The van der Waals surface area contributed by atoms with Gasteiger partial charge < -0.3 is 10.1 Å². The van der Waals surface area contributed by atoms with Gasteiger partial charge in [0.2, 0.25) is 5.91 Å². The number of hydrogen-bond acceptors (Lipinski definition) is 6. The van der Waals surface area contributed by atoms with Crippen LogP contribution in [0.2, 0.25) is 0 Å². The van der Waals surface area contributed by atoms with E-state index >= 15 is 0 Å². The van der Waals surface area contributed by atoms with Gasteiger partial charge in [-0.3, -0.25) is 19.4 Å². The Bertz CT molecular complexity index is 857. The number of rotatable bonds is 6. The van der Waals surface area contributed by atoms with Crippen LogP contribution in [0.4, 0.5) is 0 Å². The third-order valence-electron chi connectivity index (χ3n) is 4.28. The van der Waals surface area contributed by atoms with E-state index in [-0.39, 0.29) is 12.0 Å². The second-order valence-corrected chi connectivity index (χ2v) is 6.94. The number of ether oxygens (including phenoxy) is 1. The summed E-state index contributed by atoms with van der Waals surface area (Å²) in [6.07, 6.45) is 8.30. The lowest BCUT2D eigenvalue weighted by Crippen LogP contribution is -2.36. The molecule has 1 amide bonds. The second kappa shape index (κ2) is 7.76. The topological polar surface area (TPSA) is 81.9 Å². The average molecular weight is 369 g/mol. The molecule has 4 heterocycles. The lowest BCUT2D eigenvalue weighted by molar-refractivity contribution is -0.130. The van der Waals surface area contributed by atoms with E-state index in [1.807, 2.05) is 16.1 Å². The predicted molar refractivity (Wildman–Crippen MR) is 98.5 cm³/mol. The standard InChI is InChI=1S/C18H19N5O2S/c24-18(15-3-1-9-25-15)21-7-8-23-17(16-4-2-10-26-16)13(11-22-23)14-12-19-5-6-20-14/h2,4-6,10-12,15H,1,3,7-9H2,(H,21,24). The molecule has 1 atom stereocenters. The van der Waals surface area contributed by atoms with Crippen molar-refractivity contribution in [3.63, 3.8) is 0 Å². The highest BCUT2D eigenvalue weighted by Crippen LogP contribution is 2.33. The molecule has 0 aromatic carbocycles. The van der Waals surface area contributed by atoms with Gasteiger partial charge in [-0.25, -0.2) is 0 Å². The maximum absolute atomic E-state index is 12.1. The Labute approximate surface area is 155 Å². The van der Waals surface area contributed by atoms with Crippen molar-refractivity contribution in [2.45, 2.75) is 25.5 Å². The summed E-state index contributed by atoms with van der Waals surface area (Å²) in [5.74, 6) is -0.0403. The fourth-order valence-corrected chi connectivity index (χ4v) is 3.82. The molecule has 1 saturated heterocycles. The molecule has 4 rings (SSSR count). The van der Waals surface area contributed by atoms with E-state index in [0.717, 1.165) is 34.7 Å². The Morgan fingerprint density at radius 2 is 2.35 bits per heavy atom. The van der Waals surface area contributed by atoms with Gasteiger partial charge in [0.1, 0.15) is 6.10 Å². The first-order valence-corrected chi connectivity index (χ1v) is 9.46. The third kappa shape index (κ3) is 3.51. The Balaban J connectivity index is 1.52. The SMILES string of the molecule is O=C(NCCn1ncc(-c2cnccn2)c1-c1cccs1)C1CCCO1. The van der Waals surface area contributed by atoms with E-state index in [9.17, 15) is 4.79 Å². The van der Waals surface area contributed by atoms with E-state index in [0.29, 0.717) is 19.7 Å². The van der Waals surface area contributed by atoms with Crippen LogP contribution in [-0.4, -0.2) is 44.9 Å². The van der Waals surface area contributed by atoms with Crippen molar-refractivity contribution < 1.29 is 9.53 Å². The van der Waals surface area contributed by atoms with Gasteiger partial charge in [-0.1, -0.05) is 6.07 Å². The van der Waals surface area contributed by atoms with Crippen LogP contribution in [0, 0.1) is 0 Å². The van der Waals surface area contributed by atoms with Gasteiger partial charge in [0.05, 0.1) is 35.2 Å². The van der Waals surface area contributed by atoms with Gasteiger partial charge in [-0.2, -0.15) is 5.10 Å². The molecule has 1 aliphatic rings. The molecule has 3 aromatic heterocycles. The number of nitrogens with zero attached hydrogens (tertiary/aromatic N) is 4. The number of thiophene rings is 1. The van der Waals surface area contributed by atoms with Crippen molar-refractivity contribution in [2.24, 2.45) is 0 Å². The fourth-order valence-electron chi connectivity index (χ4n) is 3.04.